The first-order chi connectivity index (χ1) is 17.4. The van der Waals surface area contributed by atoms with Gasteiger partial charge in [-0.05, 0) is 92.0 Å². The van der Waals surface area contributed by atoms with E-state index in [0.717, 1.165) is 34.8 Å². The summed E-state index contributed by atoms with van der Waals surface area (Å²) in [5.41, 5.74) is 4.85. The molecule has 0 spiro atoms. The van der Waals surface area contributed by atoms with E-state index in [1.54, 1.807) is 6.33 Å². The van der Waals surface area contributed by atoms with Crippen molar-refractivity contribution in [1.29, 1.82) is 0 Å². The molecule has 3 saturated carbocycles. The number of carbonyl (C=O) groups is 1. The van der Waals surface area contributed by atoms with Crippen LogP contribution in [0.15, 0.2) is 60.5 Å². The Hall–Kier alpha value is -2.79. The molecule has 3 aromatic rings. The van der Waals surface area contributed by atoms with Gasteiger partial charge in [0.15, 0.2) is 5.78 Å². The Bertz CT molecular complexity index is 1440. The third-order valence-corrected chi connectivity index (χ3v) is 10.6. The second kappa shape index (κ2) is 7.85. The van der Waals surface area contributed by atoms with Crippen LogP contribution in [0.2, 0.25) is 5.02 Å². The van der Waals surface area contributed by atoms with Crippen LogP contribution < -0.4 is 0 Å². The molecular weight excluding hydrogens is 468 g/mol. The summed E-state index contributed by atoms with van der Waals surface area (Å²) >= 11 is 6.17. The number of ketones is 1. The van der Waals surface area contributed by atoms with Crippen LogP contribution in [0.25, 0.3) is 17.0 Å². The van der Waals surface area contributed by atoms with Gasteiger partial charge in [0.05, 0.1) is 11.4 Å². The zero-order valence-electron chi connectivity index (χ0n) is 20.8. The Labute approximate surface area is 216 Å². The minimum Gasteiger partial charge on any atom is -0.290 e. The molecule has 36 heavy (non-hydrogen) atoms. The van der Waals surface area contributed by atoms with Crippen molar-refractivity contribution < 1.29 is 4.79 Å². The van der Waals surface area contributed by atoms with Crippen molar-refractivity contribution in [2.24, 2.45) is 28.6 Å². The van der Waals surface area contributed by atoms with Gasteiger partial charge < -0.3 is 0 Å². The Balaban J connectivity index is 1.26. The van der Waals surface area contributed by atoms with Crippen molar-refractivity contribution in [2.45, 2.75) is 58.3 Å². The van der Waals surface area contributed by atoms with Gasteiger partial charge in [0.2, 0.25) is 0 Å². The largest absolute Gasteiger partial charge is 0.290 e. The average molecular weight is 499 g/mol. The Kier molecular flexibility index (Phi) is 4.89. The van der Waals surface area contributed by atoms with Gasteiger partial charge in [0, 0.05) is 21.9 Å². The normalized spacial score (nSPS) is 35.3. The number of hydrogen-bond donors (Lipinski definition) is 0. The van der Waals surface area contributed by atoms with Crippen molar-refractivity contribution in [3.63, 3.8) is 0 Å². The van der Waals surface area contributed by atoms with Crippen LogP contribution in [0.5, 0.6) is 0 Å². The Morgan fingerprint density at radius 2 is 1.89 bits per heavy atom. The first kappa shape index (κ1) is 22.4. The smallest absolute Gasteiger partial charge is 0.252 e. The molecule has 0 radical (unpaired) electrons. The van der Waals surface area contributed by atoms with Crippen LogP contribution in [0.1, 0.15) is 64.0 Å². The van der Waals surface area contributed by atoms with Crippen molar-refractivity contribution in [3.8, 4) is 11.3 Å². The zero-order valence-corrected chi connectivity index (χ0v) is 21.6. The van der Waals surface area contributed by atoms with E-state index in [1.165, 1.54) is 31.3 Å². The van der Waals surface area contributed by atoms with E-state index in [2.05, 4.69) is 36.1 Å². The number of allylic oxidation sites excluding steroid dienone is 4. The molecule has 2 aromatic heterocycles. The van der Waals surface area contributed by atoms with E-state index in [-0.39, 0.29) is 16.6 Å². The Morgan fingerprint density at radius 1 is 1.06 bits per heavy atom. The molecule has 3 fully saturated rings. The fraction of sp³-hybridized carbons (Fsp3) is 0.467. The molecule has 4 aliphatic rings. The second-order valence-corrected chi connectivity index (χ2v) is 12.3. The molecule has 1 aromatic carbocycles. The number of rotatable bonds is 2. The maximum atomic E-state index is 12.1. The summed E-state index contributed by atoms with van der Waals surface area (Å²) in [5, 5.41) is 5.19. The molecule has 0 N–H and O–H groups in total. The van der Waals surface area contributed by atoms with Gasteiger partial charge in [-0.1, -0.05) is 49.2 Å². The lowest BCUT2D eigenvalue weighted by molar-refractivity contribution is -0.111. The summed E-state index contributed by atoms with van der Waals surface area (Å²) in [4.78, 5) is 21.6. The van der Waals surface area contributed by atoms with Crippen molar-refractivity contribution in [3.05, 3.63) is 71.2 Å². The lowest BCUT2D eigenvalue weighted by Gasteiger charge is -2.57. The van der Waals surface area contributed by atoms with Gasteiger partial charge in [-0.2, -0.15) is 14.6 Å². The summed E-state index contributed by atoms with van der Waals surface area (Å²) in [6.45, 7) is 4.91. The molecule has 2 heterocycles. The Morgan fingerprint density at radius 3 is 2.72 bits per heavy atom. The van der Waals surface area contributed by atoms with Gasteiger partial charge in [-0.15, -0.1) is 0 Å². The first-order valence-corrected chi connectivity index (χ1v) is 13.7. The highest BCUT2D eigenvalue weighted by atomic mass is 35.5. The topological polar surface area (TPSA) is 60.2 Å². The highest BCUT2D eigenvalue weighted by molar-refractivity contribution is 6.30. The monoisotopic (exact) mass is 498 g/mol. The van der Waals surface area contributed by atoms with Crippen LogP contribution in [-0.4, -0.2) is 25.4 Å². The molecule has 0 amide bonds. The molecule has 0 bridgehead atoms. The number of fused-ring (bicyclic) bond motifs is 6. The molecule has 0 saturated heterocycles. The van der Waals surface area contributed by atoms with E-state index < -0.39 is 0 Å². The lowest BCUT2D eigenvalue weighted by Crippen LogP contribution is -2.49. The van der Waals surface area contributed by atoms with E-state index in [4.69, 9.17) is 16.6 Å². The van der Waals surface area contributed by atoms with Crippen LogP contribution in [0.3, 0.4) is 0 Å². The van der Waals surface area contributed by atoms with Gasteiger partial charge in [0.25, 0.3) is 5.78 Å². The standard InChI is InChI=1S/C30H31ClN4O/c1-29-13-11-21(36)15-19(29)5-8-22-23-9-10-25(30(23,2)14-12-24(22)29)26-16-27(18-3-6-20(31)7-4-18)35-28(34-26)32-17-33-35/h3-4,6-7,11,13,15-17,22-25H,5,8-10,12,14H2,1-2H3/t22-,23-,24-,25+,29-,30-/m0/s1. The predicted molar refractivity (Wildman–Crippen MR) is 141 cm³/mol. The van der Waals surface area contributed by atoms with Crippen LogP contribution in [0.4, 0.5) is 0 Å². The molecule has 5 nitrogen and oxygen atoms in total. The summed E-state index contributed by atoms with van der Waals surface area (Å²) in [6.07, 6.45) is 14.6. The highest BCUT2D eigenvalue weighted by Gasteiger charge is 2.59. The molecule has 0 aliphatic heterocycles. The highest BCUT2D eigenvalue weighted by Crippen LogP contribution is 2.67. The molecule has 7 rings (SSSR count). The summed E-state index contributed by atoms with van der Waals surface area (Å²) in [5.74, 6) is 3.23. The molecule has 0 unspecified atom stereocenters. The van der Waals surface area contributed by atoms with Crippen molar-refractivity contribution >= 4 is 23.2 Å². The minimum atomic E-state index is 0.0384. The van der Waals surface area contributed by atoms with Crippen molar-refractivity contribution in [2.75, 3.05) is 0 Å². The van der Waals surface area contributed by atoms with Gasteiger partial charge in [0.1, 0.15) is 6.33 Å². The minimum absolute atomic E-state index is 0.0384. The maximum absolute atomic E-state index is 12.1. The first-order valence-electron chi connectivity index (χ1n) is 13.3. The van der Waals surface area contributed by atoms with Gasteiger partial charge in [-0.3, -0.25) is 4.79 Å². The van der Waals surface area contributed by atoms with E-state index >= 15 is 0 Å². The SMILES string of the molecule is C[C@]12CC[C@H]3[C@@H](CCC4=CC(=O)C=C[C@@]43C)[C@@H]1CC[C@@H]2c1cc(-c2ccc(Cl)cc2)n2ncnc2n1. The number of halogens is 1. The van der Waals surface area contributed by atoms with Crippen LogP contribution in [-0.2, 0) is 4.79 Å². The quantitative estimate of drug-likeness (QED) is 0.388. The number of carbonyl (C=O) groups excluding carboxylic acids is 1. The number of hydrogen-bond acceptors (Lipinski definition) is 4. The number of benzene rings is 1. The average Bonchev–Trinajstić information content (AvgIpc) is 3.48. The third-order valence-electron chi connectivity index (χ3n) is 10.3. The fourth-order valence-electron chi connectivity index (χ4n) is 8.52. The van der Waals surface area contributed by atoms with Crippen LogP contribution >= 0.6 is 11.6 Å². The van der Waals surface area contributed by atoms with E-state index in [0.29, 0.717) is 29.4 Å². The molecule has 6 heteroatoms. The summed E-state index contributed by atoms with van der Waals surface area (Å²) in [7, 11) is 0. The third kappa shape index (κ3) is 3.14. The van der Waals surface area contributed by atoms with E-state index in [1.807, 2.05) is 40.9 Å². The molecular formula is C30H31ClN4O. The van der Waals surface area contributed by atoms with Gasteiger partial charge in [-0.25, -0.2) is 4.98 Å². The fourth-order valence-corrected chi connectivity index (χ4v) is 8.64. The second-order valence-electron chi connectivity index (χ2n) is 11.8. The lowest BCUT2D eigenvalue weighted by atomic mass is 9.47. The number of aromatic nitrogens is 4. The van der Waals surface area contributed by atoms with Gasteiger partial charge >= 0.3 is 0 Å². The van der Waals surface area contributed by atoms with Crippen molar-refractivity contribution in [1.82, 2.24) is 19.6 Å². The molecule has 4 aliphatic carbocycles. The predicted octanol–water partition coefficient (Wildman–Crippen LogP) is 6.84. The molecule has 6 atom stereocenters. The molecule has 184 valence electrons. The van der Waals surface area contributed by atoms with Crippen LogP contribution in [0, 0.1) is 28.6 Å². The number of nitrogens with zero attached hydrogens (tertiary/aromatic N) is 4. The summed E-state index contributed by atoms with van der Waals surface area (Å²) in [6, 6.07) is 10.2. The maximum Gasteiger partial charge on any atom is 0.252 e. The zero-order chi connectivity index (χ0) is 24.7. The summed E-state index contributed by atoms with van der Waals surface area (Å²) < 4.78 is 1.84. The van der Waals surface area contributed by atoms with E-state index in [9.17, 15) is 4.79 Å².